The van der Waals surface area contributed by atoms with E-state index in [-0.39, 0.29) is 23.8 Å². The first-order chi connectivity index (χ1) is 11.8. The lowest BCUT2D eigenvalue weighted by Gasteiger charge is -2.17. The van der Waals surface area contributed by atoms with Gasteiger partial charge in [-0.2, -0.15) is 0 Å². The lowest BCUT2D eigenvalue weighted by molar-refractivity contribution is 0.0777. The Balaban J connectivity index is 2.46. The molecule has 0 bridgehead atoms. The van der Waals surface area contributed by atoms with Gasteiger partial charge < -0.3 is 4.90 Å². The van der Waals surface area contributed by atoms with E-state index in [2.05, 4.69) is 9.71 Å². The van der Waals surface area contributed by atoms with Gasteiger partial charge in [-0.25, -0.2) is 18.1 Å². The molecule has 2 aromatic heterocycles. The molecule has 25 heavy (non-hydrogen) atoms. The molecule has 2 heterocycles. The molecule has 0 saturated carbocycles. The second-order valence-electron chi connectivity index (χ2n) is 5.48. The van der Waals surface area contributed by atoms with Crippen molar-refractivity contribution < 1.29 is 13.2 Å². The van der Waals surface area contributed by atoms with E-state index in [1.807, 2.05) is 13.8 Å². The molecule has 0 unspecified atom stereocenters. The standard InChI is InChI=1S/C15H22N4O4S2/c1-5-18(6-2)15(21)12-10(3)11-13(24-12)17-9-19(14(11)20)7-8-25(22,23)16-4/h9,16H,5-8H2,1-4H3. The molecule has 8 nitrogen and oxygen atoms in total. The zero-order chi connectivity index (χ0) is 18.8. The van der Waals surface area contributed by atoms with Crippen molar-refractivity contribution in [3.8, 4) is 0 Å². The molecule has 138 valence electrons. The van der Waals surface area contributed by atoms with Crippen molar-refractivity contribution in [1.29, 1.82) is 0 Å². The molecule has 10 heteroatoms. The first kappa shape index (κ1) is 19.5. The third-order valence-corrected chi connectivity index (χ3v) is 6.60. The van der Waals surface area contributed by atoms with Gasteiger partial charge in [0.2, 0.25) is 10.0 Å². The van der Waals surface area contributed by atoms with Crippen molar-refractivity contribution in [2.45, 2.75) is 27.3 Å². The number of nitrogens with zero attached hydrogens (tertiary/aromatic N) is 3. The lowest BCUT2D eigenvalue weighted by Crippen LogP contribution is -2.30. The SMILES string of the molecule is CCN(CC)C(=O)c1sc2ncn(CCS(=O)(=O)NC)c(=O)c2c1C. The van der Waals surface area contributed by atoms with E-state index < -0.39 is 10.0 Å². The zero-order valence-corrected chi connectivity index (χ0v) is 16.3. The zero-order valence-electron chi connectivity index (χ0n) is 14.7. The van der Waals surface area contributed by atoms with Crippen molar-refractivity contribution >= 4 is 37.5 Å². The van der Waals surface area contributed by atoms with Crippen LogP contribution in [0.3, 0.4) is 0 Å². The molecule has 0 radical (unpaired) electrons. The van der Waals surface area contributed by atoms with Crippen LogP contribution in [0.2, 0.25) is 0 Å². The average Bonchev–Trinajstić information content (AvgIpc) is 2.93. The number of aryl methyl sites for hydroxylation is 2. The molecule has 0 aromatic carbocycles. The van der Waals surface area contributed by atoms with Crippen molar-refractivity contribution in [1.82, 2.24) is 19.2 Å². The molecule has 0 aliphatic rings. The number of fused-ring (bicyclic) bond motifs is 1. The third kappa shape index (κ3) is 3.91. The fourth-order valence-electron chi connectivity index (χ4n) is 2.50. The quantitative estimate of drug-likeness (QED) is 0.758. The van der Waals surface area contributed by atoms with Crippen LogP contribution in [0, 0.1) is 6.92 Å². The van der Waals surface area contributed by atoms with E-state index in [0.717, 1.165) is 0 Å². The average molecular weight is 386 g/mol. The van der Waals surface area contributed by atoms with E-state index in [1.54, 1.807) is 11.8 Å². The van der Waals surface area contributed by atoms with Gasteiger partial charge in [0, 0.05) is 19.6 Å². The Morgan fingerprint density at radius 1 is 1.36 bits per heavy atom. The van der Waals surface area contributed by atoms with Gasteiger partial charge in [-0.1, -0.05) is 0 Å². The van der Waals surface area contributed by atoms with Crippen molar-refractivity contribution in [3.05, 3.63) is 27.1 Å². The monoisotopic (exact) mass is 386 g/mol. The summed E-state index contributed by atoms with van der Waals surface area (Å²) in [6.45, 7) is 6.70. The fraction of sp³-hybridized carbons (Fsp3) is 0.533. The first-order valence-electron chi connectivity index (χ1n) is 7.94. The topological polar surface area (TPSA) is 101 Å². The van der Waals surface area contributed by atoms with Crippen LogP contribution in [0.4, 0.5) is 0 Å². The van der Waals surface area contributed by atoms with Crippen LogP contribution in [-0.2, 0) is 16.6 Å². The highest BCUT2D eigenvalue weighted by Crippen LogP contribution is 2.27. The number of amides is 1. The predicted molar refractivity (Wildman–Crippen MR) is 98.7 cm³/mol. The van der Waals surface area contributed by atoms with Gasteiger partial charge in [0.25, 0.3) is 11.5 Å². The summed E-state index contributed by atoms with van der Waals surface area (Å²) in [4.78, 5) is 32.2. The summed E-state index contributed by atoms with van der Waals surface area (Å²) in [5.74, 6) is -0.334. The maximum Gasteiger partial charge on any atom is 0.264 e. The molecular formula is C15H22N4O4S2. The van der Waals surface area contributed by atoms with Gasteiger partial charge in [-0.05, 0) is 33.4 Å². The minimum atomic E-state index is -3.42. The molecule has 0 saturated heterocycles. The Labute approximate surface area is 150 Å². The van der Waals surface area contributed by atoms with Crippen LogP contribution >= 0.6 is 11.3 Å². The highest BCUT2D eigenvalue weighted by molar-refractivity contribution is 7.89. The Kier molecular flexibility index (Phi) is 5.96. The van der Waals surface area contributed by atoms with Crippen molar-refractivity contribution in [2.24, 2.45) is 0 Å². The number of rotatable bonds is 7. The number of thiophene rings is 1. The predicted octanol–water partition coefficient (Wildman–Crippen LogP) is 0.798. The Morgan fingerprint density at radius 3 is 2.56 bits per heavy atom. The van der Waals surface area contributed by atoms with E-state index in [9.17, 15) is 18.0 Å². The molecule has 1 N–H and O–H groups in total. The second kappa shape index (κ2) is 7.63. The Bertz CT molecular complexity index is 942. The number of carbonyl (C=O) groups is 1. The maximum absolute atomic E-state index is 12.7. The molecule has 2 rings (SSSR count). The Hall–Kier alpha value is -1.78. The van der Waals surface area contributed by atoms with Crippen LogP contribution in [0.25, 0.3) is 10.2 Å². The van der Waals surface area contributed by atoms with E-state index in [4.69, 9.17) is 0 Å². The van der Waals surface area contributed by atoms with Gasteiger partial charge in [-0.15, -0.1) is 11.3 Å². The second-order valence-corrected chi connectivity index (χ2v) is 8.52. The number of hydrogen-bond donors (Lipinski definition) is 1. The summed E-state index contributed by atoms with van der Waals surface area (Å²) >= 11 is 1.20. The fourth-order valence-corrected chi connectivity index (χ4v) is 4.25. The maximum atomic E-state index is 12.7. The molecule has 0 fully saturated rings. The van der Waals surface area contributed by atoms with Crippen molar-refractivity contribution in [2.75, 3.05) is 25.9 Å². The van der Waals surface area contributed by atoms with Gasteiger partial charge in [0.15, 0.2) is 0 Å². The summed E-state index contributed by atoms with van der Waals surface area (Å²) < 4.78 is 26.6. The number of aromatic nitrogens is 2. The smallest absolute Gasteiger partial charge is 0.264 e. The van der Waals surface area contributed by atoms with Crippen molar-refractivity contribution in [3.63, 3.8) is 0 Å². The number of carbonyl (C=O) groups excluding carboxylic acids is 1. The molecule has 0 aliphatic heterocycles. The minimum absolute atomic E-state index is 0.000438. The van der Waals surface area contributed by atoms with Gasteiger partial charge in [0.05, 0.1) is 22.3 Å². The molecule has 2 aromatic rings. The highest BCUT2D eigenvalue weighted by atomic mass is 32.2. The Morgan fingerprint density at radius 2 is 2.00 bits per heavy atom. The minimum Gasteiger partial charge on any atom is -0.338 e. The van der Waals surface area contributed by atoms with E-state index in [1.165, 1.54) is 29.3 Å². The first-order valence-corrected chi connectivity index (χ1v) is 10.4. The van der Waals surface area contributed by atoms with Gasteiger partial charge in [-0.3, -0.25) is 14.2 Å². The number of sulfonamides is 1. The number of hydrogen-bond acceptors (Lipinski definition) is 6. The normalized spacial score (nSPS) is 11.8. The molecule has 1 amide bonds. The summed E-state index contributed by atoms with van der Waals surface area (Å²) in [6, 6.07) is 0. The molecule has 0 spiro atoms. The summed E-state index contributed by atoms with van der Waals surface area (Å²) in [7, 11) is -2.09. The van der Waals surface area contributed by atoms with Crippen LogP contribution in [0.5, 0.6) is 0 Å². The summed E-state index contributed by atoms with van der Waals surface area (Å²) in [6.07, 6.45) is 1.33. The van der Waals surface area contributed by atoms with E-state index >= 15 is 0 Å². The molecular weight excluding hydrogens is 364 g/mol. The van der Waals surface area contributed by atoms with Gasteiger partial charge >= 0.3 is 0 Å². The van der Waals surface area contributed by atoms with Crippen LogP contribution in [0.1, 0.15) is 29.1 Å². The van der Waals surface area contributed by atoms with Crippen LogP contribution < -0.4 is 10.3 Å². The highest BCUT2D eigenvalue weighted by Gasteiger charge is 2.22. The molecule has 0 aliphatic carbocycles. The molecule has 0 atom stereocenters. The largest absolute Gasteiger partial charge is 0.338 e. The summed E-state index contributed by atoms with van der Waals surface area (Å²) in [5.41, 5.74) is 0.267. The van der Waals surface area contributed by atoms with Crippen LogP contribution in [-0.4, -0.2) is 54.7 Å². The summed E-state index contributed by atoms with van der Waals surface area (Å²) in [5, 5.41) is 0.380. The van der Waals surface area contributed by atoms with E-state index in [0.29, 0.717) is 33.7 Å². The number of nitrogens with one attached hydrogen (secondary N) is 1. The third-order valence-electron chi connectivity index (χ3n) is 4.07. The lowest BCUT2D eigenvalue weighted by atomic mass is 10.2. The van der Waals surface area contributed by atoms with Gasteiger partial charge in [0.1, 0.15) is 4.83 Å². The van der Waals surface area contributed by atoms with Crippen LogP contribution in [0.15, 0.2) is 11.1 Å².